The predicted octanol–water partition coefficient (Wildman–Crippen LogP) is 1.28. The normalized spacial score (nSPS) is 19.1. The highest BCUT2D eigenvalue weighted by atomic mass is 16.2. The number of carbonyl (C=O) groups is 2. The van der Waals surface area contributed by atoms with Gasteiger partial charge in [-0.2, -0.15) is 5.10 Å². The van der Waals surface area contributed by atoms with Gasteiger partial charge in [-0.3, -0.25) is 14.5 Å². The van der Waals surface area contributed by atoms with Crippen LogP contribution in [0.2, 0.25) is 0 Å². The second kappa shape index (κ2) is 8.26. The summed E-state index contributed by atoms with van der Waals surface area (Å²) in [5, 5.41) is 7.03. The van der Waals surface area contributed by atoms with Gasteiger partial charge in [-0.15, -0.1) is 0 Å². The van der Waals surface area contributed by atoms with Crippen LogP contribution in [-0.2, 0) is 4.79 Å². The molecule has 8 nitrogen and oxygen atoms in total. The van der Waals surface area contributed by atoms with Crippen molar-refractivity contribution in [2.24, 2.45) is 0 Å². The van der Waals surface area contributed by atoms with Crippen molar-refractivity contribution in [3.8, 4) is 0 Å². The van der Waals surface area contributed by atoms with Crippen molar-refractivity contribution in [1.29, 1.82) is 0 Å². The van der Waals surface area contributed by atoms with Crippen molar-refractivity contribution in [3.05, 3.63) is 29.7 Å². The highest BCUT2D eigenvalue weighted by molar-refractivity contribution is 5.99. The van der Waals surface area contributed by atoms with Crippen molar-refractivity contribution in [3.63, 3.8) is 0 Å². The van der Waals surface area contributed by atoms with E-state index >= 15 is 0 Å². The largest absolute Gasteiger partial charge is 0.355 e. The predicted molar refractivity (Wildman–Crippen MR) is 105 cm³/mol. The van der Waals surface area contributed by atoms with Crippen LogP contribution in [-0.4, -0.2) is 76.0 Å². The molecule has 0 radical (unpaired) electrons. The second-order valence-electron chi connectivity index (χ2n) is 7.73. The van der Waals surface area contributed by atoms with E-state index < -0.39 is 0 Å². The zero-order valence-corrected chi connectivity index (χ0v) is 16.4. The maximum Gasteiger partial charge on any atom is 0.256 e. The summed E-state index contributed by atoms with van der Waals surface area (Å²) < 4.78 is 1.78. The highest BCUT2D eigenvalue weighted by Gasteiger charge is 2.27. The second-order valence-corrected chi connectivity index (χ2v) is 7.73. The molecule has 0 spiro atoms. The number of rotatable bonds is 4. The van der Waals surface area contributed by atoms with Gasteiger partial charge in [0, 0.05) is 37.9 Å². The summed E-state index contributed by atoms with van der Waals surface area (Å²) in [7, 11) is 1.60. The topological polar surface area (TPSA) is 82.8 Å². The summed E-state index contributed by atoms with van der Waals surface area (Å²) in [5.41, 5.74) is 2.13. The maximum atomic E-state index is 12.6. The lowest BCUT2D eigenvalue weighted by Crippen LogP contribution is -2.45. The number of hydrogen-bond acceptors (Lipinski definition) is 5. The summed E-state index contributed by atoms with van der Waals surface area (Å²) in [6.07, 6.45) is 8.81. The van der Waals surface area contributed by atoms with Gasteiger partial charge in [0.15, 0.2) is 5.65 Å². The maximum absolute atomic E-state index is 12.6. The van der Waals surface area contributed by atoms with Gasteiger partial charge in [0.2, 0.25) is 5.91 Å². The Hall–Kier alpha value is -2.48. The molecule has 0 atom stereocenters. The minimum atomic E-state index is -0.183. The SMILES string of the molecule is CNC(=O)c1cnn2c(C3CCN(C(=O)CN4CCCCC4)CC3)ccnc12. The molecule has 2 aromatic rings. The zero-order valence-electron chi connectivity index (χ0n) is 16.4. The number of hydrogen-bond donors (Lipinski definition) is 1. The van der Waals surface area contributed by atoms with Crippen LogP contribution in [0.1, 0.15) is 54.1 Å². The molecule has 2 aliphatic heterocycles. The monoisotopic (exact) mass is 384 g/mol. The molecule has 4 heterocycles. The molecular weight excluding hydrogens is 356 g/mol. The van der Waals surface area contributed by atoms with Crippen LogP contribution in [0.15, 0.2) is 18.5 Å². The van der Waals surface area contributed by atoms with Gasteiger partial charge in [0.1, 0.15) is 5.56 Å². The van der Waals surface area contributed by atoms with Gasteiger partial charge in [0.25, 0.3) is 5.91 Å². The summed E-state index contributed by atoms with van der Waals surface area (Å²) in [6, 6.07) is 1.98. The van der Waals surface area contributed by atoms with E-state index in [4.69, 9.17) is 0 Å². The van der Waals surface area contributed by atoms with Gasteiger partial charge >= 0.3 is 0 Å². The van der Waals surface area contributed by atoms with Crippen LogP contribution in [0.4, 0.5) is 0 Å². The molecule has 150 valence electrons. The molecule has 2 aromatic heterocycles. The lowest BCUT2D eigenvalue weighted by molar-refractivity contribution is -0.133. The Morgan fingerprint density at radius 1 is 1.14 bits per heavy atom. The van der Waals surface area contributed by atoms with E-state index in [1.165, 1.54) is 19.3 Å². The lowest BCUT2D eigenvalue weighted by atomic mass is 9.93. The standard InChI is InChI=1S/C20H28N6O2/c1-21-20(28)16-13-23-26-17(5-8-22-19(16)26)15-6-11-25(12-7-15)18(27)14-24-9-3-2-4-10-24/h5,8,13,15H,2-4,6-7,9-12,14H2,1H3,(H,21,28). The zero-order chi connectivity index (χ0) is 19.5. The van der Waals surface area contributed by atoms with E-state index in [0.29, 0.717) is 23.7 Å². The van der Waals surface area contributed by atoms with E-state index in [0.717, 1.165) is 44.7 Å². The van der Waals surface area contributed by atoms with Gasteiger partial charge in [-0.05, 0) is 44.8 Å². The Morgan fingerprint density at radius 2 is 1.89 bits per heavy atom. The Morgan fingerprint density at radius 3 is 2.61 bits per heavy atom. The average molecular weight is 384 g/mol. The van der Waals surface area contributed by atoms with Crippen molar-refractivity contribution >= 4 is 17.5 Å². The van der Waals surface area contributed by atoms with Gasteiger partial charge in [-0.25, -0.2) is 9.50 Å². The van der Waals surface area contributed by atoms with E-state index in [-0.39, 0.29) is 11.8 Å². The molecule has 2 saturated heterocycles. The Kier molecular flexibility index (Phi) is 5.57. The molecule has 0 saturated carbocycles. The van der Waals surface area contributed by atoms with E-state index in [9.17, 15) is 9.59 Å². The van der Waals surface area contributed by atoms with Crippen LogP contribution in [0.3, 0.4) is 0 Å². The average Bonchev–Trinajstić information content (AvgIpc) is 3.18. The lowest BCUT2D eigenvalue weighted by Gasteiger charge is -2.34. The first-order valence-corrected chi connectivity index (χ1v) is 10.2. The van der Waals surface area contributed by atoms with Crippen molar-refractivity contribution in [2.45, 2.75) is 38.0 Å². The summed E-state index contributed by atoms with van der Waals surface area (Å²) in [4.78, 5) is 33.3. The molecule has 2 aliphatic rings. The third-order valence-corrected chi connectivity index (χ3v) is 5.98. The van der Waals surface area contributed by atoms with Crippen LogP contribution < -0.4 is 5.32 Å². The Bertz CT molecular complexity index is 849. The van der Waals surface area contributed by atoms with E-state index in [2.05, 4.69) is 20.3 Å². The number of fused-ring (bicyclic) bond motifs is 1. The molecular formula is C20H28N6O2. The Balaban J connectivity index is 1.41. The van der Waals surface area contributed by atoms with Crippen LogP contribution in [0.5, 0.6) is 0 Å². The number of amides is 2. The number of aromatic nitrogens is 3. The Labute approximate surface area is 164 Å². The number of likely N-dealkylation sites (tertiary alicyclic amines) is 2. The molecule has 28 heavy (non-hydrogen) atoms. The fourth-order valence-electron chi connectivity index (χ4n) is 4.35. The third-order valence-electron chi connectivity index (χ3n) is 5.98. The molecule has 0 unspecified atom stereocenters. The minimum absolute atomic E-state index is 0.183. The minimum Gasteiger partial charge on any atom is -0.355 e. The highest BCUT2D eigenvalue weighted by Crippen LogP contribution is 2.28. The summed E-state index contributed by atoms with van der Waals surface area (Å²) in [6.45, 7) is 4.18. The van der Waals surface area contributed by atoms with Crippen molar-refractivity contribution in [2.75, 3.05) is 39.8 Å². The molecule has 8 heteroatoms. The fourth-order valence-corrected chi connectivity index (χ4v) is 4.35. The number of carbonyl (C=O) groups excluding carboxylic acids is 2. The van der Waals surface area contributed by atoms with E-state index in [1.807, 2.05) is 11.0 Å². The van der Waals surface area contributed by atoms with Gasteiger partial charge < -0.3 is 10.2 Å². The molecule has 4 rings (SSSR count). The van der Waals surface area contributed by atoms with E-state index in [1.54, 1.807) is 24.0 Å². The number of nitrogens with zero attached hydrogens (tertiary/aromatic N) is 5. The number of piperidine rings is 2. The summed E-state index contributed by atoms with van der Waals surface area (Å²) in [5.74, 6) is 0.376. The van der Waals surface area contributed by atoms with Crippen molar-refractivity contribution in [1.82, 2.24) is 29.7 Å². The van der Waals surface area contributed by atoms with Crippen molar-refractivity contribution < 1.29 is 9.59 Å². The molecule has 2 amide bonds. The molecule has 2 fully saturated rings. The fraction of sp³-hybridized carbons (Fsp3) is 0.600. The molecule has 1 N–H and O–H groups in total. The third kappa shape index (κ3) is 3.73. The first-order valence-electron chi connectivity index (χ1n) is 10.2. The first kappa shape index (κ1) is 18.9. The van der Waals surface area contributed by atoms with Gasteiger partial charge in [0.05, 0.1) is 12.7 Å². The smallest absolute Gasteiger partial charge is 0.256 e. The van der Waals surface area contributed by atoms with Gasteiger partial charge in [-0.1, -0.05) is 6.42 Å². The van der Waals surface area contributed by atoms with Crippen LogP contribution in [0.25, 0.3) is 5.65 Å². The van der Waals surface area contributed by atoms with Crippen LogP contribution in [0, 0.1) is 0 Å². The quantitative estimate of drug-likeness (QED) is 0.859. The van der Waals surface area contributed by atoms with Crippen LogP contribution >= 0.6 is 0 Å². The molecule has 0 bridgehead atoms. The molecule has 0 aromatic carbocycles. The first-order chi connectivity index (χ1) is 13.7. The molecule has 0 aliphatic carbocycles. The summed E-state index contributed by atoms with van der Waals surface area (Å²) >= 11 is 0. The number of nitrogens with one attached hydrogen (secondary N) is 1.